The number of hydrogen-bond acceptors (Lipinski definition) is 5. The fraction of sp³-hybridized carbons (Fsp3) is 0.179. The van der Waals surface area contributed by atoms with Crippen LogP contribution in [0, 0.1) is 0 Å². The maximum atomic E-state index is 5.87. The predicted molar refractivity (Wildman–Crippen MR) is 136 cm³/mol. The number of aromatic nitrogens is 2. The van der Waals surface area contributed by atoms with Gasteiger partial charge in [-0.05, 0) is 53.8 Å². The Balaban J connectivity index is 1.17. The van der Waals surface area contributed by atoms with Gasteiger partial charge in [-0.15, -0.1) is 0 Å². The number of benzene rings is 2. The van der Waals surface area contributed by atoms with Crippen LogP contribution in [0.4, 0.5) is 0 Å². The van der Waals surface area contributed by atoms with Crippen molar-refractivity contribution in [1.29, 1.82) is 0 Å². The van der Waals surface area contributed by atoms with E-state index in [4.69, 9.17) is 9.47 Å². The van der Waals surface area contributed by atoms with E-state index in [1.807, 2.05) is 42.6 Å². The molecule has 2 unspecified atom stereocenters. The number of methoxy groups -OCH3 is 1. The Kier molecular flexibility index (Phi) is 6.70. The fourth-order valence-electron chi connectivity index (χ4n) is 4.03. The molecule has 0 bridgehead atoms. The summed E-state index contributed by atoms with van der Waals surface area (Å²) >= 11 is 0. The lowest BCUT2D eigenvalue weighted by Gasteiger charge is -2.10. The molecule has 2 aromatic heterocycles. The first-order valence-electron chi connectivity index (χ1n) is 11.4. The lowest BCUT2D eigenvalue weighted by atomic mass is 10.1. The minimum atomic E-state index is 0.227. The SMILES string of the molecule is COc1cc(OCc2ccccn2)ccc1/C=C/C1CC(/C=C/c2ccc3cc[nH]c3c2)NN1. The Labute approximate surface area is 199 Å². The van der Waals surface area contributed by atoms with Gasteiger partial charge in [0.2, 0.25) is 0 Å². The molecular formula is C28H28N4O2. The molecular weight excluding hydrogens is 424 g/mol. The number of fused-ring (bicyclic) bond motifs is 1. The molecule has 3 heterocycles. The molecule has 2 atom stereocenters. The first-order valence-corrected chi connectivity index (χ1v) is 11.4. The number of ether oxygens (including phenoxy) is 2. The Hall–Kier alpha value is -3.87. The first-order chi connectivity index (χ1) is 16.8. The third-order valence-electron chi connectivity index (χ3n) is 5.89. The molecule has 5 rings (SSSR count). The van der Waals surface area contributed by atoms with E-state index in [0.29, 0.717) is 6.61 Å². The van der Waals surface area contributed by atoms with E-state index < -0.39 is 0 Å². The highest BCUT2D eigenvalue weighted by Gasteiger charge is 2.19. The predicted octanol–water partition coefficient (Wildman–Crippen LogP) is 5.11. The third-order valence-corrected chi connectivity index (χ3v) is 5.89. The van der Waals surface area contributed by atoms with Crippen LogP contribution in [0.25, 0.3) is 23.1 Å². The van der Waals surface area contributed by atoms with Crippen LogP contribution in [0.1, 0.15) is 23.2 Å². The fourth-order valence-corrected chi connectivity index (χ4v) is 4.03. The summed E-state index contributed by atoms with van der Waals surface area (Å²) in [5.74, 6) is 1.53. The summed E-state index contributed by atoms with van der Waals surface area (Å²) in [6.45, 7) is 0.421. The first kappa shape index (κ1) is 21.9. The lowest BCUT2D eigenvalue weighted by Crippen LogP contribution is -2.31. The topological polar surface area (TPSA) is 71.2 Å². The summed E-state index contributed by atoms with van der Waals surface area (Å²) in [7, 11) is 1.68. The van der Waals surface area contributed by atoms with Crippen LogP contribution in [0.15, 0.2) is 85.2 Å². The standard InChI is InChI=1S/C28H28N4O2/c1-33-28-18-26(34-19-25-4-2-3-14-29-25)12-9-22(28)8-11-24-17-23(31-32-24)10-6-20-5-7-21-13-15-30-27(21)16-20/h2-16,18,23-24,30-32H,17,19H2,1H3/b10-6+,11-8+. The van der Waals surface area contributed by atoms with E-state index in [9.17, 15) is 0 Å². The van der Waals surface area contributed by atoms with Crippen LogP contribution in [-0.2, 0) is 6.61 Å². The number of hydrazine groups is 1. The molecule has 1 fully saturated rings. The monoisotopic (exact) mass is 452 g/mol. The summed E-state index contributed by atoms with van der Waals surface area (Å²) in [5.41, 5.74) is 11.0. The molecule has 2 aromatic carbocycles. The van der Waals surface area contributed by atoms with Crippen molar-refractivity contribution in [3.05, 3.63) is 102 Å². The van der Waals surface area contributed by atoms with Crippen LogP contribution in [0.3, 0.4) is 0 Å². The zero-order chi connectivity index (χ0) is 23.2. The molecule has 34 heavy (non-hydrogen) atoms. The minimum Gasteiger partial charge on any atom is -0.496 e. The molecule has 4 aromatic rings. The highest BCUT2D eigenvalue weighted by atomic mass is 16.5. The summed E-state index contributed by atoms with van der Waals surface area (Å²) in [6.07, 6.45) is 13.3. The van der Waals surface area contributed by atoms with Crippen LogP contribution in [0.5, 0.6) is 11.5 Å². The van der Waals surface area contributed by atoms with Crippen molar-refractivity contribution in [3.63, 3.8) is 0 Å². The molecule has 6 nitrogen and oxygen atoms in total. The quantitative estimate of drug-likeness (QED) is 0.346. The van der Waals surface area contributed by atoms with Gasteiger partial charge >= 0.3 is 0 Å². The highest BCUT2D eigenvalue weighted by Crippen LogP contribution is 2.27. The second-order valence-electron chi connectivity index (χ2n) is 8.29. The van der Waals surface area contributed by atoms with Gasteiger partial charge in [-0.1, -0.05) is 42.5 Å². The maximum Gasteiger partial charge on any atom is 0.130 e. The Bertz CT molecular complexity index is 1300. The van der Waals surface area contributed by atoms with E-state index in [0.717, 1.165) is 34.7 Å². The van der Waals surface area contributed by atoms with Crippen molar-refractivity contribution in [1.82, 2.24) is 20.8 Å². The molecule has 0 aliphatic carbocycles. The number of hydrogen-bond donors (Lipinski definition) is 3. The van der Waals surface area contributed by atoms with Crippen molar-refractivity contribution in [2.24, 2.45) is 0 Å². The number of nitrogens with one attached hydrogen (secondary N) is 3. The van der Waals surface area contributed by atoms with E-state index in [1.54, 1.807) is 13.3 Å². The molecule has 6 heteroatoms. The van der Waals surface area contributed by atoms with Gasteiger partial charge < -0.3 is 14.5 Å². The van der Waals surface area contributed by atoms with Crippen molar-refractivity contribution in [3.8, 4) is 11.5 Å². The minimum absolute atomic E-state index is 0.227. The molecule has 1 aliphatic rings. The summed E-state index contributed by atoms with van der Waals surface area (Å²) in [5, 5.41) is 1.23. The third kappa shape index (κ3) is 5.36. The van der Waals surface area contributed by atoms with Crippen molar-refractivity contribution >= 4 is 23.1 Å². The molecule has 0 saturated carbocycles. The Morgan fingerprint density at radius 2 is 1.85 bits per heavy atom. The van der Waals surface area contributed by atoms with Crippen molar-refractivity contribution in [2.75, 3.05) is 7.11 Å². The molecule has 0 radical (unpaired) electrons. The number of aromatic amines is 1. The van der Waals surface area contributed by atoms with Gasteiger partial charge in [-0.3, -0.25) is 15.8 Å². The number of H-pyrrole nitrogens is 1. The largest absolute Gasteiger partial charge is 0.496 e. The van der Waals surface area contributed by atoms with Gasteiger partial charge in [0.15, 0.2) is 0 Å². The number of pyridine rings is 1. The van der Waals surface area contributed by atoms with Gasteiger partial charge in [0.25, 0.3) is 0 Å². The average molecular weight is 453 g/mol. The molecule has 0 amide bonds. The second kappa shape index (κ2) is 10.4. The summed E-state index contributed by atoms with van der Waals surface area (Å²) < 4.78 is 11.5. The summed E-state index contributed by atoms with van der Waals surface area (Å²) in [4.78, 5) is 7.55. The number of rotatable bonds is 8. The maximum absolute atomic E-state index is 5.87. The Morgan fingerprint density at radius 1 is 0.971 bits per heavy atom. The van der Waals surface area contributed by atoms with Gasteiger partial charge in [0, 0.05) is 41.6 Å². The molecule has 3 N–H and O–H groups in total. The van der Waals surface area contributed by atoms with Crippen molar-refractivity contribution in [2.45, 2.75) is 25.1 Å². The molecule has 1 aliphatic heterocycles. The van der Waals surface area contributed by atoms with E-state index in [1.165, 1.54) is 10.9 Å². The van der Waals surface area contributed by atoms with Gasteiger partial charge in [0.05, 0.1) is 12.8 Å². The van der Waals surface area contributed by atoms with E-state index in [2.05, 4.69) is 69.4 Å². The molecule has 1 saturated heterocycles. The zero-order valence-electron chi connectivity index (χ0n) is 19.1. The second-order valence-corrected chi connectivity index (χ2v) is 8.29. The molecule has 0 spiro atoms. The highest BCUT2D eigenvalue weighted by molar-refractivity contribution is 5.81. The van der Waals surface area contributed by atoms with Gasteiger partial charge in [-0.2, -0.15) is 0 Å². The zero-order valence-corrected chi connectivity index (χ0v) is 19.1. The summed E-state index contributed by atoms with van der Waals surface area (Å²) in [6, 6.07) is 20.7. The number of nitrogens with zero attached hydrogens (tertiary/aromatic N) is 1. The molecule has 172 valence electrons. The van der Waals surface area contributed by atoms with Gasteiger partial charge in [-0.25, -0.2) is 0 Å². The van der Waals surface area contributed by atoms with E-state index in [-0.39, 0.29) is 12.1 Å². The lowest BCUT2D eigenvalue weighted by molar-refractivity contribution is 0.299. The average Bonchev–Trinajstić information content (AvgIpc) is 3.55. The van der Waals surface area contributed by atoms with Crippen molar-refractivity contribution < 1.29 is 9.47 Å². The smallest absolute Gasteiger partial charge is 0.130 e. The van der Waals surface area contributed by atoms with Crippen LogP contribution in [0.2, 0.25) is 0 Å². The van der Waals surface area contributed by atoms with Crippen LogP contribution < -0.4 is 20.3 Å². The Morgan fingerprint density at radius 3 is 2.68 bits per heavy atom. The van der Waals surface area contributed by atoms with Crippen LogP contribution in [-0.4, -0.2) is 29.2 Å². The normalized spacial score (nSPS) is 18.3. The van der Waals surface area contributed by atoms with Gasteiger partial charge in [0.1, 0.15) is 18.1 Å². The van der Waals surface area contributed by atoms with Crippen LogP contribution >= 0.6 is 0 Å². The van der Waals surface area contributed by atoms with E-state index >= 15 is 0 Å².